The molecule has 1 rings (SSSR count). The fraction of sp³-hybridized carbons (Fsp3) is 0.385. The highest BCUT2D eigenvalue weighted by Gasteiger charge is 2.10. The molecule has 5 heteroatoms. The van der Waals surface area contributed by atoms with Gasteiger partial charge in [-0.2, -0.15) is 5.26 Å². The van der Waals surface area contributed by atoms with Gasteiger partial charge in [-0.1, -0.05) is 13.8 Å². The molecule has 0 aromatic heterocycles. The van der Waals surface area contributed by atoms with Gasteiger partial charge in [0.2, 0.25) is 0 Å². The molecule has 0 aliphatic heterocycles. The molecular formula is C13H17NO3S. The largest absolute Gasteiger partial charge is 0.493 e. The molecule has 0 aliphatic rings. The smallest absolute Gasteiger partial charge is 0.173 e. The molecule has 0 fully saturated rings. The standard InChI is InChI=1S/C11H11NO3S.C2H6/c1-14-10-4-3-8(5-11(10)15-2)9(13)6-16-7-12;1-2/h3-5H,6H2,1-2H3;1-2H3. The lowest BCUT2D eigenvalue weighted by atomic mass is 10.1. The van der Waals surface area contributed by atoms with Gasteiger partial charge in [0.25, 0.3) is 0 Å². The van der Waals surface area contributed by atoms with Crippen LogP contribution < -0.4 is 9.47 Å². The van der Waals surface area contributed by atoms with Gasteiger partial charge in [-0.15, -0.1) is 0 Å². The van der Waals surface area contributed by atoms with Crippen LogP contribution in [0.25, 0.3) is 0 Å². The van der Waals surface area contributed by atoms with Crippen molar-refractivity contribution in [2.75, 3.05) is 20.0 Å². The topological polar surface area (TPSA) is 59.3 Å². The number of ether oxygens (including phenoxy) is 2. The average Bonchev–Trinajstić information content (AvgIpc) is 2.45. The van der Waals surface area contributed by atoms with Gasteiger partial charge in [0, 0.05) is 5.56 Å². The Bertz CT molecular complexity index is 427. The summed E-state index contributed by atoms with van der Waals surface area (Å²) in [7, 11) is 3.04. The summed E-state index contributed by atoms with van der Waals surface area (Å²) >= 11 is 0.918. The maximum absolute atomic E-state index is 11.6. The van der Waals surface area contributed by atoms with Crippen molar-refractivity contribution in [2.45, 2.75) is 13.8 Å². The molecule has 0 aliphatic carbocycles. The number of hydrogen-bond donors (Lipinski definition) is 0. The van der Waals surface area contributed by atoms with Crippen molar-refractivity contribution in [3.05, 3.63) is 23.8 Å². The van der Waals surface area contributed by atoms with E-state index < -0.39 is 0 Å². The minimum atomic E-state index is -0.104. The quantitative estimate of drug-likeness (QED) is 0.606. The van der Waals surface area contributed by atoms with Gasteiger partial charge in [0.15, 0.2) is 17.3 Å². The second kappa shape index (κ2) is 9.37. The lowest BCUT2D eigenvalue weighted by molar-refractivity contribution is 0.102. The van der Waals surface area contributed by atoms with Crippen molar-refractivity contribution in [3.63, 3.8) is 0 Å². The summed E-state index contributed by atoms with van der Waals surface area (Å²) in [6.45, 7) is 4.00. The molecule has 0 spiro atoms. The summed E-state index contributed by atoms with van der Waals surface area (Å²) in [5.41, 5.74) is 0.514. The highest BCUT2D eigenvalue weighted by Crippen LogP contribution is 2.27. The zero-order valence-electron chi connectivity index (χ0n) is 11.0. The zero-order valence-corrected chi connectivity index (χ0v) is 11.8. The van der Waals surface area contributed by atoms with Crippen molar-refractivity contribution in [1.82, 2.24) is 0 Å². The van der Waals surface area contributed by atoms with Gasteiger partial charge in [0.1, 0.15) is 5.40 Å². The van der Waals surface area contributed by atoms with Gasteiger partial charge < -0.3 is 9.47 Å². The van der Waals surface area contributed by atoms with Gasteiger partial charge in [-0.25, -0.2) is 0 Å². The molecule has 1 aromatic rings. The molecular weight excluding hydrogens is 250 g/mol. The van der Waals surface area contributed by atoms with Crippen molar-refractivity contribution >= 4 is 17.5 Å². The third kappa shape index (κ3) is 4.68. The second-order valence-corrected chi connectivity index (χ2v) is 3.63. The van der Waals surface area contributed by atoms with Gasteiger partial charge in [-0.3, -0.25) is 4.79 Å². The number of thiocyanates is 1. The van der Waals surface area contributed by atoms with Crippen LogP contribution in [0.3, 0.4) is 0 Å². The summed E-state index contributed by atoms with van der Waals surface area (Å²) in [5, 5.41) is 10.2. The molecule has 0 amide bonds. The fourth-order valence-corrected chi connectivity index (χ4v) is 1.55. The normalized spacial score (nSPS) is 8.61. The third-order valence-electron chi connectivity index (χ3n) is 1.97. The van der Waals surface area contributed by atoms with Crippen molar-refractivity contribution < 1.29 is 14.3 Å². The van der Waals surface area contributed by atoms with Crippen LogP contribution in [0.2, 0.25) is 0 Å². The van der Waals surface area contributed by atoms with Gasteiger partial charge in [0.05, 0.1) is 20.0 Å². The van der Waals surface area contributed by atoms with Crippen LogP contribution in [0.5, 0.6) is 11.5 Å². The van der Waals surface area contributed by atoms with E-state index in [2.05, 4.69) is 0 Å². The predicted molar refractivity (Wildman–Crippen MR) is 73.3 cm³/mol. The Morgan fingerprint density at radius 1 is 1.28 bits per heavy atom. The first-order valence-electron chi connectivity index (χ1n) is 5.49. The number of nitriles is 1. The highest BCUT2D eigenvalue weighted by molar-refractivity contribution is 8.04. The van der Waals surface area contributed by atoms with E-state index in [0.717, 1.165) is 11.8 Å². The van der Waals surface area contributed by atoms with Crippen LogP contribution >= 0.6 is 11.8 Å². The summed E-state index contributed by atoms with van der Waals surface area (Å²) < 4.78 is 10.1. The van der Waals surface area contributed by atoms with E-state index in [1.54, 1.807) is 18.2 Å². The molecule has 98 valence electrons. The van der Waals surface area contributed by atoms with E-state index >= 15 is 0 Å². The molecule has 1 aromatic carbocycles. The minimum absolute atomic E-state index is 0.104. The fourth-order valence-electron chi connectivity index (χ4n) is 1.19. The van der Waals surface area contributed by atoms with Crippen LogP contribution in [0.15, 0.2) is 18.2 Å². The maximum atomic E-state index is 11.6. The molecule has 0 atom stereocenters. The zero-order chi connectivity index (χ0) is 14.0. The Morgan fingerprint density at radius 2 is 1.89 bits per heavy atom. The number of carbonyl (C=O) groups is 1. The summed E-state index contributed by atoms with van der Waals surface area (Å²) in [5.74, 6) is 1.13. The highest BCUT2D eigenvalue weighted by atomic mass is 32.2. The monoisotopic (exact) mass is 267 g/mol. The Hall–Kier alpha value is -1.67. The number of thioether (sulfide) groups is 1. The van der Waals surface area contributed by atoms with Crippen molar-refractivity contribution in [2.24, 2.45) is 0 Å². The van der Waals surface area contributed by atoms with Crippen LogP contribution in [-0.2, 0) is 0 Å². The first-order chi connectivity index (χ1) is 8.72. The number of rotatable bonds is 5. The molecule has 0 saturated heterocycles. The molecule has 0 saturated carbocycles. The summed E-state index contributed by atoms with van der Waals surface area (Å²) in [4.78, 5) is 11.6. The molecule has 0 heterocycles. The second-order valence-electron chi connectivity index (χ2n) is 2.87. The molecule has 0 radical (unpaired) electrons. The first kappa shape index (κ1) is 16.3. The molecule has 4 nitrogen and oxygen atoms in total. The molecule has 18 heavy (non-hydrogen) atoms. The van der Waals surface area contributed by atoms with E-state index in [4.69, 9.17) is 14.7 Å². The third-order valence-corrected chi connectivity index (χ3v) is 2.51. The predicted octanol–water partition coefficient (Wildman–Crippen LogP) is 3.13. The number of benzene rings is 1. The molecule has 0 bridgehead atoms. The van der Waals surface area contributed by atoms with Crippen molar-refractivity contribution in [1.29, 1.82) is 5.26 Å². The Labute approximate surface area is 112 Å². The maximum Gasteiger partial charge on any atom is 0.173 e. The number of nitrogens with zero attached hydrogens (tertiary/aromatic N) is 1. The van der Waals surface area contributed by atoms with E-state index in [1.165, 1.54) is 14.2 Å². The first-order valence-corrected chi connectivity index (χ1v) is 6.47. The SMILES string of the molecule is CC.COc1ccc(C(=O)CSC#N)cc1OC. The Morgan fingerprint density at radius 3 is 2.39 bits per heavy atom. The number of methoxy groups -OCH3 is 2. The Kier molecular flexibility index (Phi) is 8.50. The van der Waals surface area contributed by atoms with Crippen LogP contribution in [0, 0.1) is 10.7 Å². The minimum Gasteiger partial charge on any atom is -0.493 e. The lowest BCUT2D eigenvalue weighted by Gasteiger charge is -2.08. The number of ketones is 1. The number of Topliss-reactive ketones (excluding diaryl/α,β-unsaturated/α-hetero) is 1. The summed E-state index contributed by atoms with van der Waals surface area (Å²) in [6, 6.07) is 4.93. The number of carbonyl (C=O) groups excluding carboxylic acids is 1. The summed E-state index contributed by atoms with van der Waals surface area (Å²) in [6.07, 6.45) is 0. The van der Waals surface area contributed by atoms with Crippen LogP contribution in [0.1, 0.15) is 24.2 Å². The Balaban J connectivity index is 0.00000137. The van der Waals surface area contributed by atoms with E-state index in [-0.39, 0.29) is 11.5 Å². The molecule has 0 N–H and O–H groups in total. The lowest BCUT2D eigenvalue weighted by Crippen LogP contribution is -2.02. The average molecular weight is 267 g/mol. The van der Waals surface area contributed by atoms with Gasteiger partial charge >= 0.3 is 0 Å². The van der Waals surface area contributed by atoms with Crippen LogP contribution in [-0.4, -0.2) is 25.8 Å². The van der Waals surface area contributed by atoms with Crippen molar-refractivity contribution in [3.8, 4) is 16.9 Å². The van der Waals surface area contributed by atoms with E-state index in [0.29, 0.717) is 17.1 Å². The van der Waals surface area contributed by atoms with Crippen LogP contribution in [0.4, 0.5) is 0 Å². The van der Waals surface area contributed by atoms with Gasteiger partial charge in [-0.05, 0) is 30.0 Å². The number of hydrogen-bond acceptors (Lipinski definition) is 5. The van der Waals surface area contributed by atoms with E-state index in [9.17, 15) is 4.79 Å². The molecule has 0 unspecified atom stereocenters. The van der Waals surface area contributed by atoms with E-state index in [1.807, 2.05) is 19.2 Å².